The van der Waals surface area contributed by atoms with Crippen molar-refractivity contribution < 1.29 is 28.5 Å². The summed E-state index contributed by atoms with van der Waals surface area (Å²) in [4.78, 5) is 30.0. The first-order chi connectivity index (χ1) is 17.0. The summed E-state index contributed by atoms with van der Waals surface area (Å²) in [6, 6.07) is 5.26. The Hall–Kier alpha value is -2.52. The molecule has 9 nitrogen and oxygen atoms in total. The molecule has 1 aliphatic heterocycles. The predicted octanol–water partition coefficient (Wildman–Crippen LogP) is 3.66. The summed E-state index contributed by atoms with van der Waals surface area (Å²) in [5, 5.41) is 3.24. The van der Waals surface area contributed by atoms with E-state index >= 15 is 0 Å². The predicted molar refractivity (Wildman–Crippen MR) is 140 cm³/mol. The van der Waals surface area contributed by atoms with Gasteiger partial charge in [0.15, 0.2) is 11.5 Å². The molecular formula is C27H45N3O6. The second kappa shape index (κ2) is 13.7. The Balaban J connectivity index is 2.19. The van der Waals surface area contributed by atoms with Gasteiger partial charge in [0.2, 0.25) is 0 Å². The van der Waals surface area contributed by atoms with Gasteiger partial charge in [0, 0.05) is 51.4 Å². The molecule has 204 valence electrons. The van der Waals surface area contributed by atoms with Crippen molar-refractivity contribution in [3.8, 4) is 11.5 Å². The van der Waals surface area contributed by atoms with Crippen LogP contribution in [0, 0.1) is 11.8 Å². The maximum Gasteiger partial charge on any atom is 0.410 e. The molecule has 0 aromatic heterocycles. The van der Waals surface area contributed by atoms with Crippen molar-refractivity contribution >= 4 is 12.0 Å². The molecule has 1 aliphatic rings. The Kier molecular flexibility index (Phi) is 11.3. The smallest absolute Gasteiger partial charge is 0.410 e. The highest BCUT2D eigenvalue weighted by atomic mass is 16.6. The summed E-state index contributed by atoms with van der Waals surface area (Å²) in [5.74, 6) is 1.38. The number of methoxy groups -OCH3 is 2. The highest BCUT2D eigenvalue weighted by molar-refractivity contribution is 5.95. The number of nitrogens with one attached hydrogen (secondary N) is 1. The summed E-state index contributed by atoms with van der Waals surface area (Å²) in [5.41, 5.74) is -0.0101. The van der Waals surface area contributed by atoms with Gasteiger partial charge < -0.3 is 34.1 Å². The molecule has 1 aromatic carbocycles. The van der Waals surface area contributed by atoms with Crippen LogP contribution in [0.4, 0.5) is 4.79 Å². The van der Waals surface area contributed by atoms with Crippen molar-refractivity contribution in [1.82, 2.24) is 15.1 Å². The van der Waals surface area contributed by atoms with Gasteiger partial charge in [0.05, 0.1) is 13.7 Å². The van der Waals surface area contributed by atoms with Crippen LogP contribution in [-0.2, 0) is 9.47 Å². The Labute approximate surface area is 216 Å². The van der Waals surface area contributed by atoms with Crippen LogP contribution in [0.1, 0.15) is 51.4 Å². The molecule has 0 spiro atoms. The van der Waals surface area contributed by atoms with Crippen molar-refractivity contribution in [2.24, 2.45) is 11.8 Å². The zero-order valence-electron chi connectivity index (χ0n) is 23.3. The van der Waals surface area contributed by atoms with E-state index in [9.17, 15) is 9.59 Å². The normalized spacial score (nSPS) is 17.9. The molecule has 2 atom stereocenters. The van der Waals surface area contributed by atoms with Gasteiger partial charge in [-0.15, -0.1) is 0 Å². The molecule has 0 bridgehead atoms. The van der Waals surface area contributed by atoms with E-state index in [1.807, 2.05) is 46.6 Å². The summed E-state index contributed by atoms with van der Waals surface area (Å²) in [6.07, 6.45) is 0.428. The Morgan fingerprint density at radius 2 is 1.81 bits per heavy atom. The molecule has 0 saturated carbocycles. The molecular weight excluding hydrogens is 462 g/mol. The molecule has 2 rings (SSSR count). The molecule has 1 aromatic rings. The van der Waals surface area contributed by atoms with Crippen LogP contribution < -0.4 is 14.8 Å². The number of amides is 2. The average molecular weight is 508 g/mol. The Morgan fingerprint density at radius 3 is 2.39 bits per heavy atom. The fraction of sp³-hybridized carbons (Fsp3) is 0.704. The van der Waals surface area contributed by atoms with Gasteiger partial charge >= 0.3 is 6.09 Å². The van der Waals surface area contributed by atoms with Gasteiger partial charge in [-0.05, 0) is 78.2 Å². The molecule has 0 radical (unpaired) electrons. The van der Waals surface area contributed by atoms with Crippen LogP contribution >= 0.6 is 0 Å². The molecule has 9 heteroatoms. The minimum Gasteiger partial charge on any atom is -0.493 e. The number of ether oxygens (including phenoxy) is 4. The fourth-order valence-corrected chi connectivity index (χ4v) is 4.37. The van der Waals surface area contributed by atoms with E-state index in [0.717, 1.165) is 13.0 Å². The first-order valence-electron chi connectivity index (χ1n) is 12.7. The van der Waals surface area contributed by atoms with E-state index in [4.69, 9.17) is 18.9 Å². The quantitative estimate of drug-likeness (QED) is 0.432. The molecule has 1 saturated heterocycles. The van der Waals surface area contributed by atoms with Gasteiger partial charge in [-0.1, -0.05) is 0 Å². The van der Waals surface area contributed by atoms with Gasteiger partial charge in [0.1, 0.15) is 5.60 Å². The molecule has 1 unspecified atom stereocenters. The third kappa shape index (κ3) is 8.55. The lowest BCUT2D eigenvalue weighted by atomic mass is 9.94. The summed E-state index contributed by atoms with van der Waals surface area (Å²) >= 11 is 0. The van der Waals surface area contributed by atoms with Crippen LogP contribution in [0.2, 0.25) is 0 Å². The van der Waals surface area contributed by atoms with E-state index in [1.54, 1.807) is 37.3 Å². The van der Waals surface area contributed by atoms with E-state index in [2.05, 4.69) is 5.32 Å². The van der Waals surface area contributed by atoms with E-state index in [1.165, 1.54) is 0 Å². The zero-order valence-corrected chi connectivity index (χ0v) is 23.3. The lowest BCUT2D eigenvalue weighted by Gasteiger charge is -2.31. The lowest BCUT2D eigenvalue weighted by Crippen LogP contribution is -2.43. The van der Waals surface area contributed by atoms with Crippen molar-refractivity contribution in [2.75, 3.05) is 60.7 Å². The monoisotopic (exact) mass is 507 g/mol. The minimum absolute atomic E-state index is 0.0171. The van der Waals surface area contributed by atoms with Crippen molar-refractivity contribution in [3.05, 3.63) is 23.8 Å². The fourth-order valence-electron chi connectivity index (χ4n) is 4.37. The highest BCUT2D eigenvalue weighted by Gasteiger charge is 2.38. The third-order valence-corrected chi connectivity index (χ3v) is 6.17. The number of carbonyl (C=O) groups excluding carboxylic acids is 2. The molecule has 1 heterocycles. The lowest BCUT2D eigenvalue weighted by molar-refractivity contribution is 0.0282. The maximum atomic E-state index is 13.7. The maximum absolute atomic E-state index is 13.7. The van der Waals surface area contributed by atoms with Crippen LogP contribution in [0.15, 0.2) is 18.2 Å². The van der Waals surface area contributed by atoms with Crippen molar-refractivity contribution in [2.45, 2.75) is 52.7 Å². The molecule has 2 amide bonds. The number of hydrogen-bond donors (Lipinski definition) is 1. The number of hydrogen-bond acceptors (Lipinski definition) is 7. The summed E-state index contributed by atoms with van der Waals surface area (Å²) in [6.45, 7) is 13.1. The van der Waals surface area contributed by atoms with Gasteiger partial charge in [-0.2, -0.15) is 0 Å². The summed E-state index contributed by atoms with van der Waals surface area (Å²) in [7, 11) is 5.14. The summed E-state index contributed by atoms with van der Waals surface area (Å²) < 4.78 is 22.0. The van der Waals surface area contributed by atoms with Crippen LogP contribution in [0.5, 0.6) is 11.5 Å². The molecule has 1 N–H and O–H groups in total. The van der Waals surface area contributed by atoms with E-state index < -0.39 is 5.60 Å². The largest absolute Gasteiger partial charge is 0.493 e. The average Bonchev–Trinajstić information content (AvgIpc) is 3.21. The van der Waals surface area contributed by atoms with Crippen molar-refractivity contribution in [1.29, 1.82) is 0 Å². The van der Waals surface area contributed by atoms with E-state index in [-0.39, 0.29) is 29.9 Å². The number of carbonyl (C=O) groups is 2. The Bertz CT molecular complexity index is 854. The Morgan fingerprint density at radius 1 is 1.11 bits per heavy atom. The highest BCUT2D eigenvalue weighted by Crippen LogP contribution is 2.31. The number of nitrogens with zero attached hydrogens (tertiary/aromatic N) is 2. The first kappa shape index (κ1) is 29.7. The molecule has 1 fully saturated rings. The van der Waals surface area contributed by atoms with Gasteiger partial charge in [0.25, 0.3) is 5.91 Å². The molecule has 0 aliphatic carbocycles. The van der Waals surface area contributed by atoms with Crippen molar-refractivity contribution in [3.63, 3.8) is 0 Å². The van der Waals surface area contributed by atoms with Crippen LogP contribution in [0.3, 0.4) is 0 Å². The molecule has 36 heavy (non-hydrogen) atoms. The second-order valence-electron chi connectivity index (χ2n) is 10.6. The van der Waals surface area contributed by atoms with Crippen LogP contribution in [-0.4, -0.2) is 94.1 Å². The first-order valence-corrected chi connectivity index (χ1v) is 12.7. The zero-order chi connectivity index (χ0) is 26.9. The van der Waals surface area contributed by atoms with Crippen LogP contribution in [0.25, 0.3) is 0 Å². The van der Waals surface area contributed by atoms with Gasteiger partial charge in [-0.3, -0.25) is 4.79 Å². The third-order valence-electron chi connectivity index (χ3n) is 6.17. The number of likely N-dealkylation sites (tertiary alicyclic amines) is 1. The number of rotatable bonds is 12. The van der Waals surface area contributed by atoms with Gasteiger partial charge in [-0.25, -0.2) is 4.79 Å². The number of benzene rings is 1. The minimum atomic E-state index is -0.550. The topological polar surface area (TPSA) is 89.6 Å². The SMILES string of the molecule is CNCC1CN(C(=O)OC(C)(C)C)C[C@H]1CN(C(=O)c1ccc(OC)c(OCCCOC)c1)C(C)C. The standard InChI is InChI=1S/C27H45N3O6/c1-19(2)30(18-22-17-29(16-21(22)15-28-6)26(32)36-27(3,4)5)25(31)20-10-11-23(34-8)24(14-20)35-13-9-12-33-7/h10-11,14,19,21-22,28H,9,12-13,15-18H2,1-8H3/t21?,22-/m0/s1. The second-order valence-corrected chi connectivity index (χ2v) is 10.6. The van der Waals surface area contributed by atoms with E-state index in [0.29, 0.717) is 49.9 Å².